The SMILES string of the molecule is CCCCOCCNC(=O)C(C)(C)C. The lowest BCUT2D eigenvalue weighted by molar-refractivity contribution is -0.128. The second-order valence-corrected chi connectivity index (χ2v) is 4.47. The first-order valence-electron chi connectivity index (χ1n) is 5.34. The predicted octanol–water partition coefficient (Wildman–Crippen LogP) is 1.97. The van der Waals surface area contributed by atoms with Crippen LogP contribution in [0, 0.1) is 5.41 Å². The summed E-state index contributed by atoms with van der Waals surface area (Å²) in [5.41, 5.74) is -0.302. The Hall–Kier alpha value is -0.570. The minimum absolute atomic E-state index is 0.0802. The molecule has 0 aromatic heterocycles. The van der Waals surface area contributed by atoms with Crippen LogP contribution in [0.2, 0.25) is 0 Å². The molecule has 0 aliphatic carbocycles. The lowest BCUT2D eigenvalue weighted by Gasteiger charge is -2.17. The topological polar surface area (TPSA) is 38.3 Å². The summed E-state index contributed by atoms with van der Waals surface area (Å²) >= 11 is 0. The molecule has 0 spiro atoms. The molecule has 84 valence electrons. The summed E-state index contributed by atoms with van der Waals surface area (Å²) in [5.74, 6) is 0.0802. The van der Waals surface area contributed by atoms with E-state index in [2.05, 4.69) is 12.2 Å². The normalized spacial score (nSPS) is 11.4. The maximum Gasteiger partial charge on any atom is 0.225 e. The van der Waals surface area contributed by atoms with Gasteiger partial charge in [-0.3, -0.25) is 4.79 Å². The van der Waals surface area contributed by atoms with E-state index in [-0.39, 0.29) is 11.3 Å². The standard InChI is InChI=1S/C11H23NO2/c1-5-6-8-14-9-7-12-10(13)11(2,3)4/h5-9H2,1-4H3,(H,12,13). The first-order chi connectivity index (χ1) is 6.48. The molecule has 0 saturated heterocycles. The van der Waals surface area contributed by atoms with Crippen molar-refractivity contribution in [1.82, 2.24) is 5.32 Å². The highest BCUT2D eigenvalue weighted by molar-refractivity contribution is 5.81. The summed E-state index contributed by atoms with van der Waals surface area (Å²) in [7, 11) is 0. The van der Waals surface area contributed by atoms with Gasteiger partial charge in [-0.1, -0.05) is 34.1 Å². The maximum absolute atomic E-state index is 11.4. The van der Waals surface area contributed by atoms with E-state index in [0.717, 1.165) is 19.4 Å². The molecule has 0 rings (SSSR count). The Kier molecular flexibility index (Phi) is 6.54. The van der Waals surface area contributed by atoms with E-state index in [1.807, 2.05) is 20.8 Å². The molecular weight excluding hydrogens is 178 g/mol. The van der Waals surface area contributed by atoms with Gasteiger partial charge in [0.15, 0.2) is 0 Å². The number of nitrogens with one attached hydrogen (secondary N) is 1. The largest absolute Gasteiger partial charge is 0.380 e. The quantitative estimate of drug-likeness (QED) is 0.667. The molecule has 0 saturated carbocycles. The third-order valence-electron chi connectivity index (χ3n) is 1.86. The third-order valence-corrected chi connectivity index (χ3v) is 1.86. The van der Waals surface area contributed by atoms with Crippen LogP contribution in [0.25, 0.3) is 0 Å². The van der Waals surface area contributed by atoms with Crippen molar-refractivity contribution in [3.8, 4) is 0 Å². The molecule has 0 aliphatic rings. The second-order valence-electron chi connectivity index (χ2n) is 4.47. The highest BCUT2D eigenvalue weighted by atomic mass is 16.5. The lowest BCUT2D eigenvalue weighted by Crippen LogP contribution is -2.36. The smallest absolute Gasteiger partial charge is 0.225 e. The van der Waals surface area contributed by atoms with Gasteiger partial charge in [-0.25, -0.2) is 0 Å². The monoisotopic (exact) mass is 201 g/mol. The summed E-state index contributed by atoms with van der Waals surface area (Å²) in [6.45, 7) is 9.86. The zero-order valence-corrected chi connectivity index (χ0v) is 9.85. The fourth-order valence-electron chi connectivity index (χ4n) is 0.850. The molecule has 0 heterocycles. The van der Waals surface area contributed by atoms with Gasteiger partial charge in [0.05, 0.1) is 6.61 Å². The summed E-state index contributed by atoms with van der Waals surface area (Å²) in [6.07, 6.45) is 2.24. The van der Waals surface area contributed by atoms with E-state index in [0.29, 0.717) is 13.2 Å². The van der Waals surface area contributed by atoms with Crippen LogP contribution in [0.1, 0.15) is 40.5 Å². The molecular formula is C11H23NO2. The number of hydrogen-bond donors (Lipinski definition) is 1. The average molecular weight is 201 g/mol. The number of hydrogen-bond acceptors (Lipinski definition) is 2. The molecule has 0 fully saturated rings. The molecule has 0 aromatic rings. The van der Waals surface area contributed by atoms with Crippen LogP contribution in [0.4, 0.5) is 0 Å². The molecule has 0 atom stereocenters. The third kappa shape index (κ3) is 6.89. The van der Waals surface area contributed by atoms with Gasteiger partial charge in [0.2, 0.25) is 5.91 Å². The van der Waals surface area contributed by atoms with Crippen LogP contribution in [-0.2, 0) is 9.53 Å². The van der Waals surface area contributed by atoms with Gasteiger partial charge < -0.3 is 10.1 Å². The van der Waals surface area contributed by atoms with Crippen LogP contribution >= 0.6 is 0 Å². The average Bonchev–Trinajstić information content (AvgIpc) is 2.09. The van der Waals surface area contributed by atoms with Gasteiger partial charge in [0.25, 0.3) is 0 Å². The van der Waals surface area contributed by atoms with Gasteiger partial charge >= 0.3 is 0 Å². The Balaban J connectivity index is 3.33. The molecule has 0 aliphatic heterocycles. The fraction of sp³-hybridized carbons (Fsp3) is 0.909. The van der Waals surface area contributed by atoms with Crippen molar-refractivity contribution in [2.24, 2.45) is 5.41 Å². The Morgan fingerprint density at radius 3 is 2.43 bits per heavy atom. The van der Waals surface area contributed by atoms with E-state index < -0.39 is 0 Å². The Labute approximate surface area is 87.2 Å². The van der Waals surface area contributed by atoms with Crippen LogP contribution in [0.3, 0.4) is 0 Å². The maximum atomic E-state index is 11.4. The molecule has 1 N–H and O–H groups in total. The van der Waals surface area contributed by atoms with E-state index in [1.54, 1.807) is 0 Å². The number of amides is 1. The summed E-state index contributed by atoms with van der Waals surface area (Å²) in [5, 5.41) is 2.84. The van der Waals surface area contributed by atoms with Crippen LogP contribution in [0.15, 0.2) is 0 Å². The van der Waals surface area contributed by atoms with Crippen molar-refractivity contribution in [2.45, 2.75) is 40.5 Å². The first kappa shape index (κ1) is 13.4. The van der Waals surface area contributed by atoms with Crippen molar-refractivity contribution < 1.29 is 9.53 Å². The second kappa shape index (κ2) is 6.82. The number of unbranched alkanes of at least 4 members (excludes halogenated alkanes) is 1. The van der Waals surface area contributed by atoms with Crippen molar-refractivity contribution in [3.05, 3.63) is 0 Å². The van der Waals surface area contributed by atoms with Crippen molar-refractivity contribution in [3.63, 3.8) is 0 Å². The zero-order valence-electron chi connectivity index (χ0n) is 9.85. The summed E-state index contributed by atoms with van der Waals surface area (Å²) < 4.78 is 5.32. The van der Waals surface area contributed by atoms with Crippen LogP contribution in [-0.4, -0.2) is 25.7 Å². The zero-order chi connectivity index (χ0) is 11.0. The molecule has 14 heavy (non-hydrogen) atoms. The number of carbonyl (C=O) groups is 1. The number of ether oxygens (including phenoxy) is 1. The van der Waals surface area contributed by atoms with Gasteiger partial charge in [0.1, 0.15) is 0 Å². The summed E-state index contributed by atoms with van der Waals surface area (Å²) in [6, 6.07) is 0. The van der Waals surface area contributed by atoms with E-state index in [9.17, 15) is 4.79 Å². The van der Waals surface area contributed by atoms with Gasteiger partial charge in [-0.15, -0.1) is 0 Å². The molecule has 1 amide bonds. The van der Waals surface area contributed by atoms with E-state index in [1.165, 1.54) is 0 Å². The van der Waals surface area contributed by atoms with Crippen LogP contribution in [0.5, 0.6) is 0 Å². The fourth-order valence-corrected chi connectivity index (χ4v) is 0.850. The Morgan fingerprint density at radius 2 is 1.93 bits per heavy atom. The Bertz CT molecular complexity index is 161. The lowest BCUT2D eigenvalue weighted by atomic mass is 9.96. The summed E-state index contributed by atoms with van der Waals surface area (Å²) in [4.78, 5) is 11.4. The predicted molar refractivity (Wildman–Crippen MR) is 58.2 cm³/mol. The van der Waals surface area contributed by atoms with Gasteiger partial charge in [-0.05, 0) is 6.42 Å². The van der Waals surface area contributed by atoms with E-state index >= 15 is 0 Å². The molecule has 0 aromatic carbocycles. The van der Waals surface area contributed by atoms with Gasteiger partial charge in [0, 0.05) is 18.6 Å². The molecule has 3 heteroatoms. The highest BCUT2D eigenvalue weighted by Gasteiger charge is 2.19. The number of carbonyl (C=O) groups excluding carboxylic acids is 1. The molecule has 3 nitrogen and oxygen atoms in total. The van der Waals surface area contributed by atoms with Gasteiger partial charge in [-0.2, -0.15) is 0 Å². The van der Waals surface area contributed by atoms with Crippen molar-refractivity contribution >= 4 is 5.91 Å². The first-order valence-corrected chi connectivity index (χ1v) is 5.34. The minimum atomic E-state index is -0.302. The number of rotatable bonds is 6. The van der Waals surface area contributed by atoms with E-state index in [4.69, 9.17) is 4.74 Å². The highest BCUT2D eigenvalue weighted by Crippen LogP contribution is 2.11. The molecule has 0 bridgehead atoms. The van der Waals surface area contributed by atoms with Crippen molar-refractivity contribution in [2.75, 3.05) is 19.8 Å². The molecule has 0 radical (unpaired) electrons. The molecule has 0 unspecified atom stereocenters. The van der Waals surface area contributed by atoms with Crippen LogP contribution < -0.4 is 5.32 Å². The Morgan fingerprint density at radius 1 is 1.29 bits per heavy atom. The van der Waals surface area contributed by atoms with Crippen molar-refractivity contribution in [1.29, 1.82) is 0 Å². The minimum Gasteiger partial charge on any atom is -0.380 e.